The van der Waals surface area contributed by atoms with E-state index in [4.69, 9.17) is 9.47 Å². The summed E-state index contributed by atoms with van der Waals surface area (Å²) in [6, 6.07) is 9.21. The Morgan fingerprint density at radius 2 is 1.73 bits per heavy atom. The number of amides is 2. The van der Waals surface area contributed by atoms with Gasteiger partial charge in [0.15, 0.2) is 6.61 Å². The van der Waals surface area contributed by atoms with Crippen LogP contribution in [-0.4, -0.2) is 61.2 Å². The lowest BCUT2D eigenvalue weighted by atomic mass is 10.3. The van der Waals surface area contributed by atoms with E-state index in [1.807, 2.05) is 18.2 Å². The van der Waals surface area contributed by atoms with Gasteiger partial charge in [0, 0.05) is 26.2 Å². The van der Waals surface area contributed by atoms with E-state index in [1.54, 1.807) is 21.9 Å². The zero-order valence-corrected chi connectivity index (χ0v) is 12.4. The number of benzene rings is 1. The first-order chi connectivity index (χ1) is 10.7. The van der Waals surface area contributed by atoms with Crippen molar-refractivity contribution < 1.29 is 19.1 Å². The Balaban J connectivity index is 1.73. The van der Waals surface area contributed by atoms with Crippen LogP contribution >= 0.6 is 0 Å². The van der Waals surface area contributed by atoms with E-state index in [0.29, 0.717) is 31.9 Å². The summed E-state index contributed by atoms with van der Waals surface area (Å²) in [5.41, 5.74) is 0. The van der Waals surface area contributed by atoms with Crippen LogP contribution in [0.1, 0.15) is 0 Å². The minimum Gasteiger partial charge on any atom is -0.484 e. The van der Waals surface area contributed by atoms with E-state index in [2.05, 4.69) is 6.58 Å². The summed E-state index contributed by atoms with van der Waals surface area (Å²) in [6.45, 7) is 5.60. The minimum absolute atomic E-state index is 0.00488. The van der Waals surface area contributed by atoms with Gasteiger partial charge in [-0.25, -0.2) is 4.79 Å². The highest BCUT2D eigenvalue weighted by atomic mass is 16.6. The average molecular weight is 304 g/mol. The summed E-state index contributed by atoms with van der Waals surface area (Å²) in [6.07, 6.45) is 1.16. The zero-order valence-electron chi connectivity index (χ0n) is 12.4. The highest BCUT2D eigenvalue weighted by Crippen LogP contribution is 2.09. The Morgan fingerprint density at radius 1 is 1.09 bits per heavy atom. The standard InChI is InChI=1S/C16H20N2O4/c1-2-12-21-16(20)18-10-8-17(9-11-18)15(19)13-22-14-6-4-3-5-7-14/h2-7H,1,8-13H2. The molecule has 0 radical (unpaired) electrons. The number of hydrogen-bond acceptors (Lipinski definition) is 4. The molecule has 0 unspecified atom stereocenters. The second-order valence-electron chi connectivity index (χ2n) is 4.84. The highest BCUT2D eigenvalue weighted by molar-refractivity contribution is 5.78. The smallest absolute Gasteiger partial charge is 0.410 e. The summed E-state index contributed by atoms with van der Waals surface area (Å²) in [5, 5.41) is 0. The van der Waals surface area contributed by atoms with Crippen LogP contribution in [0.25, 0.3) is 0 Å². The van der Waals surface area contributed by atoms with Gasteiger partial charge in [-0.1, -0.05) is 30.9 Å². The fourth-order valence-electron chi connectivity index (χ4n) is 2.11. The minimum atomic E-state index is -0.368. The number of para-hydroxylation sites is 1. The number of carbonyl (C=O) groups is 2. The van der Waals surface area contributed by atoms with Crippen molar-refractivity contribution in [3.8, 4) is 5.75 Å². The lowest BCUT2D eigenvalue weighted by molar-refractivity contribution is -0.134. The molecule has 1 aromatic carbocycles. The molecule has 1 heterocycles. The van der Waals surface area contributed by atoms with Gasteiger partial charge in [0.05, 0.1) is 0 Å². The van der Waals surface area contributed by atoms with Crippen LogP contribution in [0.2, 0.25) is 0 Å². The predicted octanol–water partition coefficient (Wildman–Crippen LogP) is 1.53. The van der Waals surface area contributed by atoms with Crippen molar-refractivity contribution in [1.82, 2.24) is 9.80 Å². The summed E-state index contributed by atoms with van der Waals surface area (Å²) in [7, 11) is 0. The third-order valence-corrected chi connectivity index (χ3v) is 3.32. The van der Waals surface area contributed by atoms with Crippen LogP contribution in [0.15, 0.2) is 43.0 Å². The van der Waals surface area contributed by atoms with Crippen LogP contribution < -0.4 is 4.74 Å². The first-order valence-corrected chi connectivity index (χ1v) is 7.19. The molecule has 1 aliphatic rings. The van der Waals surface area contributed by atoms with Gasteiger partial charge in [0.1, 0.15) is 12.4 Å². The van der Waals surface area contributed by atoms with E-state index in [0.717, 1.165) is 0 Å². The molecule has 2 amide bonds. The Hall–Kier alpha value is -2.50. The Kier molecular flexibility index (Phi) is 5.82. The topological polar surface area (TPSA) is 59.1 Å². The molecule has 1 aromatic rings. The van der Waals surface area contributed by atoms with Crippen molar-refractivity contribution in [2.24, 2.45) is 0 Å². The maximum absolute atomic E-state index is 12.1. The van der Waals surface area contributed by atoms with Crippen molar-refractivity contribution in [1.29, 1.82) is 0 Å². The average Bonchev–Trinajstić information content (AvgIpc) is 2.58. The molecule has 1 saturated heterocycles. The van der Waals surface area contributed by atoms with E-state index in [1.165, 1.54) is 6.08 Å². The fourth-order valence-corrected chi connectivity index (χ4v) is 2.11. The third kappa shape index (κ3) is 4.51. The number of carbonyl (C=O) groups excluding carboxylic acids is 2. The lowest BCUT2D eigenvalue weighted by Gasteiger charge is -2.33. The van der Waals surface area contributed by atoms with Crippen molar-refractivity contribution in [3.05, 3.63) is 43.0 Å². The Labute approximate surface area is 129 Å². The normalized spacial score (nSPS) is 14.4. The molecule has 6 nitrogen and oxygen atoms in total. The van der Waals surface area contributed by atoms with Crippen molar-refractivity contribution >= 4 is 12.0 Å². The molecule has 0 saturated carbocycles. The highest BCUT2D eigenvalue weighted by Gasteiger charge is 2.24. The number of nitrogens with zero attached hydrogens (tertiary/aromatic N) is 2. The second-order valence-corrected chi connectivity index (χ2v) is 4.84. The van der Waals surface area contributed by atoms with Crippen LogP contribution in [-0.2, 0) is 9.53 Å². The third-order valence-electron chi connectivity index (χ3n) is 3.32. The number of ether oxygens (including phenoxy) is 2. The summed E-state index contributed by atoms with van der Waals surface area (Å²) in [4.78, 5) is 27.0. The van der Waals surface area contributed by atoms with E-state index in [9.17, 15) is 9.59 Å². The first kappa shape index (κ1) is 15.9. The predicted molar refractivity (Wildman–Crippen MR) is 81.6 cm³/mol. The van der Waals surface area contributed by atoms with Crippen molar-refractivity contribution in [3.63, 3.8) is 0 Å². The van der Waals surface area contributed by atoms with E-state index in [-0.39, 0.29) is 25.2 Å². The van der Waals surface area contributed by atoms with Gasteiger partial charge < -0.3 is 19.3 Å². The first-order valence-electron chi connectivity index (χ1n) is 7.19. The Morgan fingerprint density at radius 3 is 2.36 bits per heavy atom. The van der Waals surface area contributed by atoms with E-state index < -0.39 is 0 Å². The molecule has 2 rings (SSSR count). The number of rotatable bonds is 5. The monoisotopic (exact) mass is 304 g/mol. The molecular weight excluding hydrogens is 284 g/mol. The van der Waals surface area contributed by atoms with Crippen LogP contribution in [0, 0.1) is 0 Å². The maximum Gasteiger partial charge on any atom is 0.410 e. The van der Waals surface area contributed by atoms with Gasteiger partial charge >= 0.3 is 6.09 Å². The molecule has 0 bridgehead atoms. The Bertz CT molecular complexity index is 510. The molecule has 0 atom stereocenters. The summed E-state index contributed by atoms with van der Waals surface area (Å²) >= 11 is 0. The quantitative estimate of drug-likeness (QED) is 0.774. The summed E-state index contributed by atoms with van der Waals surface area (Å²) < 4.78 is 10.4. The van der Waals surface area contributed by atoms with Gasteiger partial charge in [0.2, 0.25) is 0 Å². The number of piperazine rings is 1. The summed E-state index contributed by atoms with van der Waals surface area (Å²) in [5.74, 6) is 0.588. The van der Waals surface area contributed by atoms with Gasteiger partial charge in [0.25, 0.3) is 5.91 Å². The molecule has 1 aliphatic heterocycles. The molecule has 22 heavy (non-hydrogen) atoms. The largest absolute Gasteiger partial charge is 0.484 e. The van der Waals surface area contributed by atoms with Gasteiger partial charge in [-0.05, 0) is 12.1 Å². The van der Waals surface area contributed by atoms with Crippen molar-refractivity contribution in [2.75, 3.05) is 39.4 Å². The maximum atomic E-state index is 12.1. The zero-order chi connectivity index (χ0) is 15.8. The van der Waals surface area contributed by atoms with E-state index >= 15 is 0 Å². The van der Waals surface area contributed by atoms with Crippen molar-refractivity contribution in [2.45, 2.75) is 0 Å². The second kappa shape index (κ2) is 8.07. The van der Waals surface area contributed by atoms with Crippen LogP contribution in [0.5, 0.6) is 5.75 Å². The molecule has 0 aromatic heterocycles. The molecule has 1 fully saturated rings. The van der Waals surface area contributed by atoms with Gasteiger partial charge in [-0.2, -0.15) is 0 Å². The molecular formula is C16H20N2O4. The molecule has 0 aliphatic carbocycles. The van der Waals surface area contributed by atoms with Crippen LogP contribution in [0.3, 0.4) is 0 Å². The molecule has 0 spiro atoms. The van der Waals surface area contributed by atoms with Crippen LogP contribution in [0.4, 0.5) is 4.79 Å². The number of hydrogen-bond donors (Lipinski definition) is 0. The lowest BCUT2D eigenvalue weighted by Crippen LogP contribution is -2.51. The SMILES string of the molecule is C=CCOC(=O)N1CCN(C(=O)COc2ccccc2)CC1. The molecule has 6 heteroatoms. The fraction of sp³-hybridized carbons (Fsp3) is 0.375. The van der Waals surface area contributed by atoms with Gasteiger partial charge in [-0.15, -0.1) is 0 Å². The molecule has 0 N–H and O–H groups in total. The molecule has 118 valence electrons. The van der Waals surface area contributed by atoms with Gasteiger partial charge in [-0.3, -0.25) is 4.79 Å².